The van der Waals surface area contributed by atoms with Gasteiger partial charge in [0.2, 0.25) is 0 Å². The Morgan fingerprint density at radius 2 is 1.48 bits per heavy atom. The van der Waals surface area contributed by atoms with Crippen LogP contribution in [-0.2, 0) is 12.8 Å². The Hall–Kier alpha value is -1.63. The molecule has 0 aromatic heterocycles. The van der Waals surface area contributed by atoms with Crippen molar-refractivity contribution >= 4 is 10.8 Å². The van der Waals surface area contributed by atoms with Gasteiger partial charge in [-0.05, 0) is 98.5 Å². The van der Waals surface area contributed by atoms with E-state index in [1.54, 1.807) is 0 Å². The number of allylic oxidation sites excluding steroid dienone is 2. The number of aryl methyl sites for hydroxylation is 2. The average Bonchev–Trinajstić information content (AvgIpc) is 2.85. The fraction of sp³-hybridized carbons (Fsp3) is 0.625. The molecular formula is C32H45F. The van der Waals surface area contributed by atoms with Crippen LogP contribution in [0.5, 0.6) is 0 Å². The summed E-state index contributed by atoms with van der Waals surface area (Å²) in [6.45, 7) is 4.36. The first-order valence-corrected chi connectivity index (χ1v) is 14.0. The molecule has 0 heterocycles. The average molecular weight is 449 g/mol. The fourth-order valence-corrected chi connectivity index (χ4v) is 6.82. The molecule has 0 aliphatic heterocycles. The summed E-state index contributed by atoms with van der Waals surface area (Å²) in [7, 11) is 0. The topological polar surface area (TPSA) is 0 Å². The number of benzene rings is 2. The molecule has 4 rings (SSSR count). The van der Waals surface area contributed by atoms with E-state index in [0.717, 1.165) is 59.3 Å². The van der Waals surface area contributed by atoms with Crippen LogP contribution in [0.3, 0.4) is 0 Å². The Kier molecular flexibility index (Phi) is 9.04. The van der Waals surface area contributed by atoms with E-state index in [-0.39, 0.29) is 5.82 Å². The Morgan fingerprint density at radius 1 is 0.818 bits per heavy atom. The van der Waals surface area contributed by atoms with Crippen LogP contribution in [0.25, 0.3) is 10.8 Å². The Balaban J connectivity index is 1.25. The van der Waals surface area contributed by atoms with Crippen molar-refractivity contribution in [2.75, 3.05) is 0 Å². The monoisotopic (exact) mass is 448 g/mol. The molecule has 0 amide bonds. The first kappa shape index (κ1) is 24.5. The third kappa shape index (κ3) is 6.49. The van der Waals surface area contributed by atoms with Crippen molar-refractivity contribution in [3.05, 3.63) is 59.4 Å². The molecule has 0 spiro atoms. The van der Waals surface area contributed by atoms with Crippen LogP contribution in [0.1, 0.15) is 102 Å². The molecule has 0 bridgehead atoms. The van der Waals surface area contributed by atoms with Crippen molar-refractivity contribution in [2.45, 2.75) is 104 Å². The summed E-state index contributed by atoms with van der Waals surface area (Å²) in [6.07, 6.45) is 22.9. The lowest BCUT2D eigenvalue weighted by atomic mass is 9.68. The lowest BCUT2D eigenvalue weighted by molar-refractivity contribution is 0.141. The van der Waals surface area contributed by atoms with E-state index in [4.69, 9.17) is 0 Å². The van der Waals surface area contributed by atoms with Crippen molar-refractivity contribution in [1.29, 1.82) is 0 Å². The van der Waals surface area contributed by atoms with E-state index in [2.05, 4.69) is 31.2 Å². The van der Waals surface area contributed by atoms with E-state index in [1.807, 2.05) is 25.1 Å². The smallest absolute Gasteiger partial charge is 0.134 e. The second-order valence-corrected chi connectivity index (χ2v) is 11.1. The normalized spacial score (nSPS) is 26.3. The van der Waals surface area contributed by atoms with Gasteiger partial charge in [0.1, 0.15) is 5.82 Å². The number of hydrogen-bond donors (Lipinski definition) is 0. The van der Waals surface area contributed by atoms with Gasteiger partial charge >= 0.3 is 0 Å². The van der Waals surface area contributed by atoms with Crippen LogP contribution in [0.2, 0.25) is 0 Å². The molecule has 2 aromatic carbocycles. The minimum absolute atomic E-state index is 0.0226. The van der Waals surface area contributed by atoms with Gasteiger partial charge in [-0.1, -0.05) is 87.9 Å². The molecule has 2 aliphatic carbocycles. The summed E-state index contributed by atoms with van der Waals surface area (Å²) < 4.78 is 14.9. The molecule has 33 heavy (non-hydrogen) atoms. The maximum absolute atomic E-state index is 14.9. The lowest BCUT2D eigenvalue weighted by Crippen LogP contribution is -2.26. The number of fused-ring (bicyclic) bond motifs is 1. The minimum atomic E-state index is -0.0226. The van der Waals surface area contributed by atoms with Crippen LogP contribution < -0.4 is 0 Å². The van der Waals surface area contributed by atoms with E-state index in [9.17, 15) is 4.39 Å². The summed E-state index contributed by atoms with van der Waals surface area (Å²) in [5, 5.41) is 1.84. The van der Waals surface area contributed by atoms with Crippen molar-refractivity contribution < 1.29 is 4.39 Å². The minimum Gasteiger partial charge on any atom is -0.206 e. The molecule has 1 heteroatoms. The molecule has 0 saturated heterocycles. The quantitative estimate of drug-likeness (QED) is 0.335. The molecule has 2 aromatic rings. The molecule has 2 fully saturated rings. The zero-order chi connectivity index (χ0) is 23.0. The van der Waals surface area contributed by atoms with E-state index in [0.29, 0.717) is 0 Å². The van der Waals surface area contributed by atoms with Crippen LogP contribution in [-0.4, -0.2) is 0 Å². The standard InChI is InChI=1S/C32H45F/c1-3-5-6-8-29-20-21-30-23-26(15-22-31(30)32(29)33)10-9-25-13-18-28(19-14-25)27-16-11-24(7-4-2)12-17-27/h3,5,15,20-25,27-28H,4,6-14,16-19H2,1-2H3/b5-3+. The molecule has 2 saturated carbocycles. The van der Waals surface area contributed by atoms with E-state index < -0.39 is 0 Å². The van der Waals surface area contributed by atoms with Crippen LogP contribution >= 0.6 is 0 Å². The molecule has 0 atom stereocenters. The van der Waals surface area contributed by atoms with Crippen molar-refractivity contribution in [1.82, 2.24) is 0 Å². The van der Waals surface area contributed by atoms with Crippen LogP contribution in [0, 0.1) is 29.5 Å². The van der Waals surface area contributed by atoms with E-state index >= 15 is 0 Å². The summed E-state index contributed by atoms with van der Waals surface area (Å²) in [6, 6.07) is 10.5. The highest BCUT2D eigenvalue weighted by Crippen LogP contribution is 2.43. The van der Waals surface area contributed by atoms with Gasteiger partial charge in [0.05, 0.1) is 0 Å². The first-order valence-electron chi connectivity index (χ1n) is 14.0. The predicted octanol–water partition coefficient (Wildman–Crippen LogP) is 9.83. The van der Waals surface area contributed by atoms with Gasteiger partial charge in [-0.2, -0.15) is 0 Å². The Bertz CT molecular complexity index is 894. The maximum Gasteiger partial charge on any atom is 0.134 e. The molecule has 2 aliphatic rings. The van der Waals surface area contributed by atoms with Crippen molar-refractivity contribution in [2.24, 2.45) is 23.7 Å². The largest absolute Gasteiger partial charge is 0.206 e. The van der Waals surface area contributed by atoms with Crippen molar-refractivity contribution in [3.8, 4) is 0 Å². The maximum atomic E-state index is 14.9. The van der Waals surface area contributed by atoms with E-state index in [1.165, 1.54) is 76.2 Å². The zero-order valence-electron chi connectivity index (χ0n) is 21.1. The number of halogens is 1. The van der Waals surface area contributed by atoms with Gasteiger partial charge in [0.15, 0.2) is 0 Å². The van der Waals surface area contributed by atoms with Gasteiger partial charge in [-0.25, -0.2) is 4.39 Å². The Morgan fingerprint density at radius 3 is 2.12 bits per heavy atom. The molecular weight excluding hydrogens is 403 g/mol. The second kappa shape index (κ2) is 12.2. The molecule has 0 radical (unpaired) electrons. The predicted molar refractivity (Wildman–Crippen MR) is 141 cm³/mol. The fourth-order valence-electron chi connectivity index (χ4n) is 6.82. The highest BCUT2D eigenvalue weighted by Gasteiger charge is 2.30. The molecule has 0 unspecified atom stereocenters. The third-order valence-electron chi connectivity index (χ3n) is 8.90. The molecule has 0 nitrogen and oxygen atoms in total. The van der Waals surface area contributed by atoms with Crippen LogP contribution in [0.4, 0.5) is 4.39 Å². The molecule has 180 valence electrons. The number of hydrogen-bond acceptors (Lipinski definition) is 0. The molecule has 0 N–H and O–H groups in total. The van der Waals surface area contributed by atoms with Gasteiger partial charge in [-0.15, -0.1) is 0 Å². The summed E-state index contributed by atoms with van der Waals surface area (Å²) in [5.74, 6) is 3.93. The lowest BCUT2D eigenvalue weighted by Gasteiger charge is -2.38. The highest BCUT2D eigenvalue weighted by atomic mass is 19.1. The SMILES string of the molecule is C/C=C/CCc1ccc2cc(CCC3CCC(C4CCC(CCC)CC4)CC3)ccc2c1F. The summed E-state index contributed by atoms with van der Waals surface area (Å²) >= 11 is 0. The first-order chi connectivity index (χ1) is 16.2. The number of rotatable bonds is 9. The zero-order valence-corrected chi connectivity index (χ0v) is 21.1. The van der Waals surface area contributed by atoms with Gasteiger partial charge in [0, 0.05) is 5.39 Å². The Labute approximate surface area is 202 Å². The highest BCUT2D eigenvalue weighted by molar-refractivity contribution is 5.84. The third-order valence-corrected chi connectivity index (χ3v) is 8.90. The van der Waals surface area contributed by atoms with Crippen LogP contribution in [0.15, 0.2) is 42.5 Å². The van der Waals surface area contributed by atoms with Gasteiger partial charge in [-0.3, -0.25) is 0 Å². The summed E-state index contributed by atoms with van der Waals surface area (Å²) in [5.41, 5.74) is 2.21. The van der Waals surface area contributed by atoms with Gasteiger partial charge in [0.25, 0.3) is 0 Å². The second-order valence-electron chi connectivity index (χ2n) is 11.1. The van der Waals surface area contributed by atoms with Crippen molar-refractivity contribution in [3.63, 3.8) is 0 Å². The van der Waals surface area contributed by atoms with Gasteiger partial charge < -0.3 is 0 Å². The summed E-state index contributed by atoms with van der Waals surface area (Å²) in [4.78, 5) is 0.